The number of hydrogen-bond acceptors (Lipinski definition) is 1. The minimum Gasteiger partial charge on any atom is -0.481 e. The van der Waals surface area contributed by atoms with Crippen molar-refractivity contribution in [1.82, 2.24) is 0 Å². The molecule has 0 aromatic heterocycles. The van der Waals surface area contributed by atoms with Gasteiger partial charge in [0.05, 0.1) is 5.41 Å². The number of rotatable bonds is 5. The van der Waals surface area contributed by atoms with Gasteiger partial charge in [0, 0.05) is 6.42 Å². The molecule has 0 heterocycles. The van der Waals surface area contributed by atoms with Gasteiger partial charge in [0.1, 0.15) is 0 Å². The van der Waals surface area contributed by atoms with Crippen molar-refractivity contribution in [2.45, 2.75) is 31.6 Å². The maximum absolute atomic E-state index is 12.5. The van der Waals surface area contributed by atoms with Gasteiger partial charge in [-0.25, -0.2) is 8.78 Å². The van der Waals surface area contributed by atoms with Crippen molar-refractivity contribution in [3.05, 3.63) is 35.9 Å². The van der Waals surface area contributed by atoms with Gasteiger partial charge in [-0.2, -0.15) is 0 Å². The molecule has 0 spiro atoms. The topological polar surface area (TPSA) is 37.3 Å². The van der Waals surface area contributed by atoms with Crippen LogP contribution in [0.5, 0.6) is 0 Å². The number of aliphatic carboxylic acids is 1. The first kappa shape index (κ1) is 12.6. The van der Waals surface area contributed by atoms with E-state index in [0.29, 0.717) is 5.56 Å². The molecule has 0 amide bonds. The molecule has 0 radical (unpaired) electrons. The van der Waals surface area contributed by atoms with Crippen molar-refractivity contribution < 1.29 is 18.7 Å². The summed E-state index contributed by atoms with van der Waals surface area (Å²) in [4.78, 5) is 11.3. The maximum Gasteiger partial charge on any atom is 0.314 e. The summed E-state index contributed by atoms with van der Waals surface area (Å²) in [5, 5.41) is 9.19. The van der Waals surface area contributed by atoms with Crippen molar-refractivity contribution in [3.63, 3.8) is 0 Å². The Hall–Kier alpha value is -1.45. The van der Waals surface area contributed by atoms with Crippen molar-refractivity contribution in [2.24, 2.45) is 0 Å². The number of carbonyl (C=O) groups is 1. The summed E-state index contributed by atoms with van der Waals surface area (Å²) in [6.45, 7) is 1.61. The van der Waals surface area contributed by atoms with Gasteiger partial charge in [-0.15, -0.1) is 0 Å². The highest BCUT2D eigenvalue weighted by atomic mass is 19.3. The van der Waals surface area contributed by atoms with E-state index in [0.717, 1.165) is 0 Å². The monoisotopic (exact) mass is 228 g/mol. The summed E-state index contributed by atoms with van der Waals surface area (Å²) in [5.74, 6) is -1.19. The minimum absolute atomic E-state index is 0.149. The Balaban J connectivity index is 3.18. The number of halogens is 2. The second-order valence-electron chi connectivity index (χ2n) is 3.70. The van der Waals surface area contributed by atoms with Crippen LogP contribution in [0.1, 0.15) is 25.3 Å². The highest BCUT2D eigenvalue weighted by Crippen LogP contribution is 2.34. The Morgan fingerprint density at radius 3 is 2.31 bits per heavy atom. The van der Waals surface area contributed by atoms with E-state index in [2.05, 4.69) is 0 Å². The molecule has 2 nitrogen and oxygen atoms in total. The third kappa shape index (κ3) is 2.38. The lowest BCUT2D eigenvalue weighted by atomic mass is 9.75. The van der Waals surface area contributed by atoms with Crippen LogP contribution in [0, 0.1) is 0 Å². The standard InChI is InChI=1S/C12H14F2O2/c1-2-12(11(15)16,8-10(13)14)9-6-4-3-5-7-9/h3-7,10H,2,8H2,1H3,(H,15,16). The molecule has 0 saturated carbocycles. The number of alkyl halides is 2. The normalized spacial score (nSPS) is 14.8. The van der Waals surface area contributed by atoms with Gasteiger partial charge in [0.2, 0.25) is 6.43 Å². The highest BCUT2D eigenvalue weighted by Gasteiger charge is 2.41. The second-order valence-corrected chi connectivity index (χ2v) is 3.70. The van der Waals surface area contributed by atoms with Crippen LogP contribution in [-0.2, 0) is 10.2 Å². The van der Waals surface area contributed by atoms with E-state index in [1.807, 2.05) is 0 Å². The molecule has 0 aliphatic rings. The van der Waals surface area contributed by atoms with E-state index < -0.39 is 24.2 Å². The summed E-state index contributed by atoms with van der Waals surface area (Å²) in [6, 6.07) is 8.22. The highest BCUT2D eigenvalue weighted by molar-refractivity contribution is 5.81. The second kappa shape index (κ2) is 5.05. The first-order chi connectivity index (χ1) is 7.53. The van der Waals surface area contributed by atoms with Crippen molar-refractivity contribution in [1.29, 1.82) is 0 Å². The molecular formula is C12H14F2O2. The van der Waals surface area contributed by atoms with Crippen molar-refractivity contribution >= 4 is 5.97 Å². The summed E-state index contributed by atoms with van der Waals surface area (Å²) in [7, 11) is 0. The molecular weight excluding hydrogens is 214 g/mol. The molecule has 0 bridgehead atoms. The Labute approximate surface area is 92.9 Å². The maximum atomic E-state index is 12.5. The molecule has 0 fully saturated rings. The van der Waals surface area contributed by atoms with Crippen LogP contribution in [0.4, 0.5) is 8.78 Å². The molecule has 1 unspecified atom stereocenters. The molecule has 1 atom stereocenters. The lowest BCUT2D eigenvalue weighted by Crippen LogP contribution is -2.37. The zero-order valence-electron chi connectivity index (χ0n) is 8.99. The van der Waals surface area contributed by atoms with Gasteiger partial charge >= 0.3 is 5.97 Å². The molecule has 0 aliphatic heterocycles. The van der Waals surface area contributed by atoms with Crippen molar-refractivity contribution in [2.75, 3.05) is 0 Å². The molecule has 16 heavy (non-hydrogen) atoms. The number of carboxylic acids is 1. The third-order valence-corrected chi connectivity index (χ3v) is 2.84. The molecule has 1 rings (SSSR count). The number of hydrogen-bond donors (Lipinski definition) is 1. The van der Waals surface area contributed by atoms with Gasteiger partial charge in [-0.1, -0.05) is 37.3 Å². The first-order valence-corrected chi connectivity index (χ1v) is 5.10. The molecule has 1 aromatic carbocycles. The Morgan fingerprint density at radius 2 is 1.94 bits per heavy atom. The fraction of sp³-hybridized carbons (Fsp3) is 0.417. The fourth-order valence-corrected chi connectivity index (χ4v) is 1.85. The van der Waals surface area contributed by atoms with Crippen LogP contribution in [0.2, 0.25) is 0 Å². The summed E-state index contributed by atoms with van der Waals surface area (Å²) >= 11 is 0. The van der Waals surface area contributed by atoms with Gasteiger partial charge in [-0.05, 0) is 12.0 Å². The smallest absolute Gasteiger partial charge is 0.314 e. The van der Waals surface area contributed by atoms with Crippen LogP contribution in [-0.4, -0.2) is 17.5 Å². The Bertz CT molecular complexity index is 351. The van der Waals surface area contributed by atoms with Crippen molar-refractivity contribution in [3.8, 4) is 0 Å². The average molecular weight is 228 g/mol. The van der Waals surface area contributed by atoms with E-state index in [9.17, 15) is 18.7 Å². The van der Waals surface area contributed by atoms with Gasteiger partial charge < -0.3 is 5.11 Å². The van der Waals surface area contributed by atoms with E-state index in [4.69, 9.17) is 0 Å². The van der Waals surface area contributed by atoms with E-state index >= 15 is 0 Å². The van der Waals surface area contributed by atoms with Gasteiger partial charge in [0.15, 0.2) is 0 Å². The SMILES string of the molecule is CCC(CC(F)F)(C(=O)O)c1ccccc1. The Kier molecular flexibility index (Phi) is 3.99. The van der Waals surface area contributed by atoms with E-state index in [1.165, 1.54) is 0 Å². The fourth-order valence-electron chi connectivity index (χ4n) is 1.85. The number of carboxylic acid groups (broad SMARTS) is 1. The van der Waals surface area contributed by atoms with Crippen LogP contribution in [0.3, 0.4) is 0 Å². The minimum atomic E-state index is -2.63. The molecule has 0 saturated heterocycles. The van der Waals surface area contributed by atoms with Gasteiger partial charge in [0.25, 0.3) is 0 Å². The Morgan fingerprint density at radius 1 is 1.38 bits per heavy atom. The van der Waals surface area contributed by atoms with E-state index in [-0.39, 0.29) is 6.42 Å². The van der Waals surface area contributed by atoms with Crippen LogP contribution >= 0.6 is 0 Å². The summed E-state index contributed by atoms with van der Waals surface area (Å²) < 4.78 is 25.0. The molecule has 0 aliphatic carbocycles. The first-order valence-electron chi connectivity index (χ1n) is 5.10. The predicted molar refractivity (Wildman–Crippen MR) is 56.7 cm³/mol. The molecule has 1 aromatic rings. The summed E-state index contributed by atoms with van der Waals surface area (Å²) in [5.41, 5.74) is -1.04. The zero-order chi connectivity index (χ0) is 12.2. The molecule has 88 valence electrons. The largest absolute Gasteiger partial charge is 0.481 e. The lowest BCUT2D eigenvalue weighted by molar-refractivity contribution is -0.146. The van der Waals surface area contributed by atoms with E-state index in [1.54, 1.807) is 37.3 Å². The van der Waals surface area contributed by atoms with Crippen LogP contribution in [0.25, 0.3) is 0 Å². The number of benzene rings is 1. The zero-order valence-corrected chi connectivity index (χ0v) is 8.99. The lowest BCUT2D eigenvalue weighted by Gasteiger charge is -2.28. The molecule has 1 N–H and O–H groups in total. The van der Waals surface area contributed by atoms with Crippen LogP contribution < -0.4 is 0 Å². The van der Waals surface area contributed by atoms with Crippen LogP contribution in [0.15, 0.2) is 30.3 Å². The molecule has 4 heteroatoms. The summed E-state index contributed by atoms with van der Waals surface area (Å²) in [6.07, 6.45) is -3.13. The quantitative estimate of drug-likeness (QED) is 0.840. The van der Waals surface area contributed by atoms with Gasteiger partial charge in [-0.3, -0.25) is 4.79 Å². The third-order valence-electron chi connectivity index (χ3n) is 2.84. The predicted octanol–water partition coefficient (Wildman–Crippen LogP) is 3.07. The average Bonchev–Trinajstić information content (AvgIpc) is 2.26.